The van der Waals surface area contributed by atoms with Crippen LogP contribution < -0.4 is 5.32 Å². The summed E-state index contributed by atoms with van der Waals surface area (Å²) in [7, 11) is 0. The van der Waals surface area contributed by atoms with Crippen molar-refractivity contribution in [3.05, 3.63) is 34.9 Å². The molecule has 18 heavy (non-hydrogen) atoms. The second kappa shape index (κ2) is 5.02. The molecule has 2 nitrogen and oxygen atoms in total. The molecule has 1 aromatic carbocycles. The molecule has 2 heteroatoms. The zero-order chi connectivity index (χ0) is 12.5. The van der Waals surface area contributed by atoms with Crippen LogP contribution in [0.1, 0.15) is 35.6 Å². The Morgan fingerprint density at radius 3 is 2.28 bits per heavy atom. The minimum absolute atomic E-state index is 0.674. The number of benzene rings is 1. The third-order valence-electron chi connectivity index (χ3n) is 4.45. The van der Waals surface area contributed by atoms with Crippen LogP contribution in [-0.2, 0) is 0 Å². The van der Waals surface area contributed by atoms with Gasteiger partial charge in [-0.1, -0.05) is 18.2 Å². The highest BCUT2D eigenvalue weighted by Gasteiger charge is 2.37. The van der Waals surface area contributed by atoms with Gasteiger partial charge >= 0.3 is 0 Å². The van der Waals surface area contributed by atoms with E-state index in [1.165, 1.54) is 37.1 Å². The molecule has 0 aromatic heterocycles. The summed E-state index contributed by atoms with van der Waals surface area (Å²) in [6.07, 6.45) is 2.84. The van der Waals surface area contributed by atoms with Gasteiger partial charge in [-0.05, 0) is 49.3 Å². The van der Waals surface area contributed by atoms with E-state index in [1.54, 1.807) is 5.56 Å². The van der Waals surface area contributed by atoms with E-state index in [4.69, 9.17) is 0 Å². The molecule has 1 atom stereocenters. The van der Waals surface area contributed by atoms with Gasteiger partial charge in [0, 0.05) is 32.2 Å². The Bertz CT molecular complexity index is 397. The Balaban J connectivity index is 1.93. The summed E-state index contributed by atoms with van der Waals surface area (Å²) in [5.74, 6) is 0.905. The predicted octanol–water partition coefficient (Wildman–Crippen LogP) is 2.66. The van der Waals surface area contributed by atoms with Gasteiger partial charge in [0.1, 0.15) is 0 Å². The fourth-order valence-corrected chi connectivity index (χ4v) is 3.38. The second-order valence-corrected chi connectivity index (χ2v) is 5.87. The molecule has 0 amide bonds. The number of aryl methyl sites for hydroxylation is 2. The smallest absolute Gasteiger partial charge is 0.0382 e. The molecule has 1 saturated heterocycles. The maximum Gasteiger partial charge on any atom is 0.0382 e. The molecule has 1 saturated carbocycles. The van der Waals surface area contributed by atoms with Crippen LogP contribution in [0.3, 0.4) is 0 Å². The molecule has 1 N–H and O–H groups in total. The van der Waals surface area contributed by atoms with Crippen molar-refractivity contribution in [3.63, 3.8) is 0 Å². The topological polar surface area (TPSA) is 15.3 Å². The van der Waals surface area contributed by atoms with Crippen LogP contribution in [0.15, 0.2) is 18.2 Å². The van der Waals surface area contributed by atoms with E-state index in [0.717, 1.165) is 19.0 Å². The monoisotopic (exact) mass is 244 g/mol. The van der Waals surface area contributed by atoms with Crippen molar-refractivity contribution in [1.29, 1.82) is 0 Å². The lowest BCUT2D eigenvalue weighted by atomic mass is 9.91. The minimum atomic E-state index is 0.674. The van der Waals surface area contributed by atoms with Gasteiger partial charge in [-0.3, -0.25) is 4.90 Å². The quantitative estimate of drug-likeness (QED) is 0.879. The molecule has 0 spiro atoms. The van der Waals surface area contributed by atoms with Crippen LogP contribution in [-0.4, -0.2) is 31.1 Å². The Hall–Kier alpha value is -0.860. The Kier molecular flexibility index (Phi) is 3.40. The van der Waals surface area contributed by atoms with E-state index in [1.807, 2.05) is 0 Å². The third-order valence-corrected chi connectivity index (χ3v) is 4.45. The fraction of sp³-hybridized carbons (Fsp3) is 0.625. The molecule has 0 bridgehead atoms. The van der Waals surface area contributed by atoms with Crippen molar-refractivity contribution in [2.45, 2.75) is 32.7 Å². The highest BCUT2D eigenvalue weighted by molar-refractivity contribution is 5.37. The summed E-state index contributed by atoms with van der Waals surface area (Å²) in [5, 5.41) is 3.47. The molecule has 1 aliphatic heterocycles. The normalized spacial score (nSPS) is 23.0. The van der Waals surface area contributed by atoms with Crippen molar-refractivity contribution < 1.29 is 0 Å². The third kappa shape index (κ3) is 2.32. The highest BCUT2D eigenvalue weighted by Crippen LogP contribution is 2.46. The predicted molar refractivity (Wildman–Crippen MR) is 75.8 cm³/mol. The van der Waals surface area contributed by atoms with Gasteiger partial charge in [0.25, 0.3) is 0 Å². The Labute approximate surface area is 110 Å². The van der Waals surface area contributed by atoms with Crippen LogP contribution in [0.2, 0.25) is 0 Å². The average Bonchev–Trinajstić information content (AvgIpc) is 3.19. The number of nitrogens with zero attached hydrogens (tertiary/aromatic N) is 1. The first kappa shape index (κ1) is 12.2. The fourth-order valence-electron chi connectivity index (χ4n) is 3.38. The van der Waals surface area contributed by atoms with Crippen molar-refractivity contribution in [1.82, 2.24) is 10.2 Å². The summed E-state index contributed by atoms with van der Waals surface area (Å²) in [6, 6.07) is 7.42. The summed E-state index contributed by atoms with van der Waals surface area (Å²) >= 11 is 0. The summed E-state index contributed by atoms with van der Waals surface area (Å²) in [4.78, 5) is 2.71. The van der Waals surface area contributed by atoms with Crippen molar-refractivity contribution in [3.8, 4) is 0 Å². The van der Waals surface area contributed by atoms with Gasteiger partial charge < -0.3 is 5.32 Å². The minimum Gasteiger partial charge on any atom is -0.314 e. The SMILES string of the molecule is Cc1cccc(C)c1[C@H](C1CC1)N1CCNCC1. The van der Waals surface area contributed by atoms with Crippen LogP contribution >= 0.6 is 0 Å². The van der Waals surface area contributed by atoms with Gasteiger partial charge in [-0.2, -0.15) is 0 Å². The Morgan fingerprint density at radius 1 is 1.11 bits per heavy atom. The number of rotatable bonds is 3. The lowest BCUT2D eigenvalue weighted by Crippen LogP contribution is -2.46. The Morgan fingerprint density at radius 2 is 1.72 bits per heavy atom. The molecule has 98 valence electrons. The largest absolute Gasteiger partial charge is 0.314 e. The first-order chi connectivity index (χ1) is 8.77. The van der Waals surface area contributed by atoms with E-state index in [0.29, 0.717) is 6.04 Å². The average molecular weight is 244 g/mol. The lowest BCUT2D eigenvalue weighted by molar-refractivity contribution is 0.155. The van der Waals surface area contributed by atoms with E-state index >= 15 is 0 Å². The van der Waals surface area contributed by atoms with Gasteiger partial charge in [0.05, 0.1) is 0 Å². The maximum atomic E-state index is 3.47. The van der Waals surface area contributed by atoms with Crippen molar-refractivity contribution in [2.75, 3.05) is 26.2 Å². The standard InChI is InChI=1S/C16H24N2/c1-12-4-3-5-13(2)15(12)16(14-6-7-14)18-10-8-17-9-11-18/h3-5,14,16-17H,6-11H2,1-2H3/t16-/m0/s1. The highest BCUT2D eigenvalue weighted by atomic mass is 15.2. The number of hydrogen-bond donors (Lipinski definition) is 1. The van der Waals surface area contributed by atoms with Crippen LogP contribution in [0.5, 0.6) is 0 Å². The summed E-state index contributed by atoms with van der Waals surface area (Å²) in [6.45, 7) is 9.26. The van der Waals surface area contributed by atoms with E-state index in [2.05, 4.69) is 42.3 Å². The molecular formula is C16H24N2. The van der Waals surface area contributed by atoms with E-state index in [9.17, 15) is 0 Å². The number of nitrogens with one attached hydrogen (secondary N) is 1. The molecule has 0 radical (unpaired) electrons. The van der Waals surface area contributed by atoms with E-state index < -0.39 is 0 Å². The summed E-state index contributed by atoms with van der Waals surface area (Å²) in [5.41, 5.74) is 4.57. The zero-order valence-corrected chi connectivity index (χ0v) is 11.6. The molecule has 1 heterocycles. The van der Waals surface area contributed by atoms with E-state index in [-0.39, 0.29) is 0 Å². The first-order valence-electron chi connectivity index (χ1n) is 7.28. The molecular weight excluding hydrogens is 220 g/mol. The van der Waals surface area contributed by atoms with Crippen LogP contribution in [0.4, 0.5) is 0 Å². The van der Waals surface area contributed by atoms with Crippen molar-refractivity contribution in [2.24, 2.45) is 5.92 Å². The molecule has 1 aromatic rings. The lowest BCUT2D eigenvalue weighted by Gasteiger charge is -2.37. The molecule has 2 fully saturated rings. The maximum absolute atomic E-state index is 3.47. The number of piperazine rings is 1. The van der Waals surface area contributed by atoms with Crippen molar-refractivity contribution >= 4 is 0 Å². The second-order valence-electron chi connectivity index (χ2n) is 5.87. The van der Waals surface area contributed by atoms with Gasteiger partial charge in [-0.25, -0.2) is 0 Å². The first-order valence-corrected chi connectivity index (χ1v) is 7.28. The van der Waals surface area contributed by atoms with Gasteiger partial charge in [-0.15, -0.1) is 0 Å². The van der Waals surface area contributed by atoms with Crippen LogP contribution in [0.25, 0.3) is 0 Å². The van der Waals surface area contributed by atoms with Gasteiger partial charge in [0.2, 0.25) is 0 Å². The zero-order valence-electron chi connectivity index (χ0n) is 11.6. The number of hydrogen-bond acceptors (Lipinski definition) is 2. The van der Waals surface area contributed by atoms with Crippen LogP contribution in [0, 0.1) is 19.8 Å². The summed E-state index contributed by atoms with van der Waals surface area (Å²) < 4.78 is 0. The molecule has 1 aliphatic carbocycles. The molecule has 3 rings (SSSR count). The molecule has 2 aliphatic rings. The van der Waals surface area contributed by atoms with Gasteiger partial charge in [0.15, 0.2) is 0 Å². The molecule has 0 unspecified atom stereocenters.